The first-order valence-corrected chi connectivity index (χ1v) is 42.2. The Bertz CT molecular complexity index is 5540. The van der Waals surface area contributed by atoms with Crippen molar-refractivity contribution < 1.29 is 158 Å². The molecule has 6 aromatic heterocycles. The molecule has 0 atom stereocenters. The zero-order valence-electron chi connectivity index (χ0n) is 68.2. The number of phosphoric acid groups is 3. The summed E-state index contributed by atoms with van der Waals surface area (Å²) in [6, 6.07) is 47.2. The molecule has 0 aliphatic rings. The Kier molecular flexibility index (Phi) is 42.4. The van der Waals surface area contributed by atoms with E-state index >= 15 is 0 Å². The maximum Gasteiger partial charge on any atom is 1.00 e. The zero-order chi connectivity index (χ0) is 86.3. The van der Waals surface area contributed by atoms with Gasteiger partial charge in [0.05, 0.1) is 74.2 Å². The summed E-state index contributed by atoms with van der Waals surface area (Å²) in [5.74, 6) is 0.484. The minimum atomic E-state index is -4.83. The average molecular weight is 1830 g/mol. The van der Waals surface area contributed by atoms with Gasteiger partial charge in [-0.3, -0.25) is 68.9 Å². The number of hydrogen-bond donors (Lipinski definition) is 4. The molecule has 0 bridgehead atoms. The second-order valence-electron chi connectivity index (χ2n) is 25.0. The largest absolute Gasteiger partial charge is 1.00 e. The minimum absolute atomic E-state index is 0. The number of hydrogen-bond acceptors (Lipinski definition) is 20. The number of fused-ring (bicyclic) bond motifs is 2. The number of ether oxygens (including phenoxy) is 3. The Balaban J connectivity index is 0.000000345. The van der Waals surface area contributed by atoms with E-state index in [1.54, 1.807) is 33.0 Å². The Morgan fingerprint density at radius 1 is 0.463 bits per heavy atom. The molecule has 31 nitrogen and oxygen atoms in total. The second-order valence-corrected chi connectivity index (χ2v) is 30.1. The third-order valence-corrected chi connectivity index (χ3v) is 19.6. The molecule has 0 amide bonds. The molecule has 0 unspecified atom stereocenters. The first kappa shape index (κ1) is 102. The second kappa shape index (κ2) is 50.0. The number of benzene rings is 6. The molecule has 644 valence electrons. The predicted molar refractivity (Wildman–Crippen MR) is 432 cm³/mol. The van der Waals surface area contributed by atoms with Crippen LogP contribution in [-0.4, -0.2) is 104 Å². The molecule has 0 radical (unpaired) electrons. The number of H-pyrrole nitrogens is 1. The van der Waals surface area contributed by atoms with E-state index in [2.05, 4.69) is 34.4 Å². The molecule has 12 aromatic rings. The first-order valence-electron chi connectivity index (χ1n) is 36.1. The number of phosphoric ester groups is 3. The molecule has 12 rings (SSSR count). The summed E-state index contributed by atoms with van der Waals surface area (Å²) >= 11 is 15.4. The third-order valence-electron chi connectivity index (χ3n) is 16.5. The minimum Gasteiger partial charge on any atom is -1.00 e. The smallest absolute Gasteiger partial charge is 1.00 e. The SMILES string of the molecule is CCCn1c(=O)c2[nH]c(-c3cnn(Cc4cccc(C(F)(F)F)c4)c3)nc2n(CC)c1=O.CCCn1c(=O)c2c(nc(-c3cnn(Cc4cccc(C(F)(F)F)c4)c3)n2COCOP(=O)(O)O)n(CC)c1=O.ClCOCCl.O=P(O)(OCc1ccccc1)OCc1ccccc1.O=P(OCOCCl)(OCc1ccccc1)OCc1ccccc1.[H-].[H-].[Na+].[Na+]. The van der Waals surface area contributed by atoms with Crippen molar-refractivity contribution >= 4 is 80.6 Å². The standard InChI is InChI=1S/C23H26F3N6O7P.C21H21F3N6O2.C16H18ClO5P.C14H15O4P.C2H4Cl2O.2Na.2H/c1-3-8-31-21(33)18-20(30(4-2)22(31)34)28-19(32(18)13-38-14-39-40(35,36)37)16-10-27-29(12-16)11-15-6-5-7-17(9-15)23(24,25)26;1-3-8-30-19(31)16-18(29(4-2)20(30)32)27-17(26-16)14-10-25-28(12-14)11-13-6-5-7-15(9-13)21(22,23)24;17-13-19-14-22-23(18,20-11-15-7-3-1-4-8-15)21-12-16-9-5-2-6-10-16;15-19(16,17-11-13-7-3-1-4-8-13)18-12-14-9-5-2-6-10-14;3-1-5-2-4;;;;/h5-7,9-10,12H,3-4,8,11,13-14H2,1-2H3,(H2,35,36,37);5-7,9-10,12H,3-4,8,11H2,1-2H3,(H,26,27);1-10H,11-14H2;1-10H,11-12H2,(H,15,16);1-2H2;;;;/q;;;;;2*+1;2*-1. The van der Waals surface area contributed by atoms with Gasteiger partial charge in [-0.05, 0) is 84.3 Å². The molecule has 4 N–H and O–H groups in total. The van der Waals surface area contributed by atoms with Crippen molar-refractivity contribution in [3.8, 4) is 22.8 Å². The van der Waals surface area contributed by atoms with Crippen molar-refractivity contribution in [1.82, 2.24) is 57.3 Å². The molecular formula is C76H86Cl3F6N12Na2O19P3. The van der Waals surface area contributed by atoms with Crippen LogP contribution in [0.25, 0.3) is 45.1 Å². The van der Waals surface area contributed by atoms with Gasteiger partial charge in [0.1, 0.15) is 42.1 Å². The van der Waals surface area contributed by atoms with Crippen LogP contribution in [0.3, 0.4) is 0 Å². The molecule has 0 aliphatic carbocycles. The summed E-state index contributed by atoms with van der Waals surface area (Å²) in [7, 11) is -12.6. The quantitative estimate of drug-likeness (QED) is 0.00716. The van der Waals surface area contributed by atoms with E-state index in [0.717, 1.165) is 51.1 Å². The van der Waals surface area contributed by atoms with Gasteiger partial charge >= 0.3 is 106 Å². The van der Waals surface area contributed by atoms with E-state index in [4.69, 9.17) is 76.7 Å². The molecule has 0 fully saturated rings. The summed E-state index contributed by atoms with van der Waals surface area (Å²) in [5, 5.41) is 8.41. The van der Waals surface area contributed by atoms with Crippen molar-refractivity contribution in [3.63, 3.8) is 0 Å². The van der Waals surface area contributed by atoms with E-state index < -0.39 is 83.0 Å². The fourth-order valence-corrected chi connectivity index (χ4v) is 13.3. The summed E-state index contributed by atoms with van der Waals surface area (Å²) in [6.45, 7) is 7.07. The van der Waals surface area contributed by atoms with E-state index in [-0.39, 0.29) is 168 Å². The van der Waals surface area contributed by atoms with Crippen molar-refractivity contribution in [2.75, 3.05) is 31.8 Å². The summed E-state index contributed by atoms with van der Waals surface area (Å²) in [6.07, 6.45) is -1.77. The Morgan fingerprint density at radius 3 is 1.28 bits per heavy atom. The normalized spacial score (nSPS) is 11.6. The van der Waals surface area contributed by atoms with Gasteiger partial charge in [-0.2, -0.15) is 36.5 Å². The van der Waals surface area contributed by atoms with Crippen molar-refractivity contribution in [3.05, 3.63) is 281 Å². The molecule has 0 aliphatic heterocycles. The Morgan fingerprint density at radius 2 is 0.868 bits per heavy atom. The maximum absolute atomic E-state index is 13.4. The number of imidazole rings is 2. The van der Waals surface area contributed by atoms with Crippen LogP contribution in [0.4, 0.5) is 26.3 Å². The van der Waals surface area contributed by atoms with E-state index in [1.807, 2.05) is 128 Å². The number of alkyl halides is 9. The molecule has 6 heterocycles. The molecule has 0 saturated heterocycles. The number of halogens is 9. The van der Waals surface area contributed by atoms with Gasteiger partial charge in [0.15, 0.2) is 30.4 Å². The fraction of sp³-hybridized carbons (Fsp3) is 0.316. The first-order chi connectivity index (χ1) is 56.8. The van der Waals surface area contributed by atoms with Crippen molar-refractivity contribution in [2.45, 2.75) is 125 Å². The van der Waals surface area contributed by atoms with E-state index in [9.17, 15) is 64.1 Å². The number of nitrogens with zero attached hydrogens (tertiary/aromatic N) is 11. The van der Waals surface area contributed by atoms with Gasteiger partial charge in [0.2, 0.25) is 0 Å². The molecule has 121 heavy (non-hydrogen) atoms. The monoisotopic (exact) mass is 1830 g/mol. The predicted octanol–water partition coefficient (Wildman–Crippen LogP) is 9.87. The summed E-state index contributed by atoms with van der Waals surface area (Å²) in [5.41, 5.74) is 2.03. The Labute approximate surface area is 750 Å². The van der Waals surface area contributed by atoms with Gasteiger partial charge < -0.3 is 36.7 Å². The average Bonchev–Trinajstić information content (AvgIpc) is 1.52. The van der Waals surface area contributed by atoms with Crippen molar-refractivity contribution in [2.24, 2.45) is 0 Å². The zero-order valence-corrected chi connectivity index (χ0v) is 75.2. The van der Waals surface area contributed by atoms with Crippen LogP contribution in [0, 0.1) is 0 Å². The fourth-order valence-electron chi connectivity index (χ4n) is 11.0. The molecular weight excluding hydrogens is 1740 g/mol. The van der Waals surface area contributed by atoms with Crippen LogP contribution in [0.5, 0.6) is 0 Å². The third kappa shape index (κ3) is 31.7. The maximum atomic E-state index is 13.4. The number of aromatic amines is 1. The topological polar surface area (TPSA) is 365 Å². The van der Waals surface area contributed by atoms with Crippen LogP contribution in [-0.2, 0) is 140 Å². The number of aromatic nitrogens is 12. The number of nitrogens with one attached hydrogen (secondary N) is 1. The van der Waals surface area contributed by atoms with Gasteiger partial charge in [-0.1, -0.05) is 194 Å². The summed E-state index contributed by atoms with van der Waals surface area (Å²) < 4.78 is 167. The number of rotatable bonds is 35. The summed E-state index contributed by atoms with van der Waals surface area (Å²) in [4.78, 5) is 91.1. The Hall–Kier alpha value is -7.30. The van der Waals surface area contributed by atoms with Crippen LogP contribution in [0.2, 0.25) is 0 Å². The molecule has 0 spiro atoms. The van der Waals surface area contributed by atoms with Crippen LogP contribution >= 0.6 is 58.3 Å². The van der Waals surface area contributed by atoms with Gasteiger partial charge in [-0.25, -0.2) is 33.3 Å². The van der Waals surface area contributed by atoms with Gasteiger partial charge in [-0.15, -0.1) is 0 Å². The van der Waals surface area contributed by atoms with Gasteiger partial charge in [0.25, 0.3) is 11.1 Å². The van der Waals surface area contributed by atoms with Crippen molar-refractivity contribution in [1.29, 1.82) is 0 Å². The van der Waals surface area contributed by atoms with Crippen LogP contribution in [0.15, 0.2) is 214 Å². The van der Waals surface area contributed by atoms with E-state index in [1.165, 1.54) is 64.4 Å². The molecule has 45 heteroatoms. The van der Waals surface area contributed by atoms with Crippen LogP contribution in [0.1, 0.15) is 87.9 Å². The molecule has 6 aromatic carbocycles. The molecule has 0 saturated carbocycles. The van der Waals surface area contributed by atoms with E-state index in [0.29, 0.717) is 54.0 Å². The van der Waals surface area contributed by atoms with Crippen LogP contribution < -0.4 is 81.6 Å². The number of aryl methyl sites for hydroxylation is 2. The van der Waals surface area contributed by atoms with Gasteiger partial charge in [0, 0.05) is 38.6 Å².